The number of benzene rings is 4. The van der Waals surface area contributed by atoms with Crippen molar-refractivity contribution in [1.29, 1.82) is 0 Å². The highest BCUT2D eigenvalue weighted by Crippen LogP contribution is 2.35. The lowest BCUT2D eigenvalue weighted by Crippen LogP contribution is -2.39. The number of methoxy groups -OCH3 is 1. The molecule has 1 aliphatic heterocycles. The molecule has 5 aromatic rings. The third-order valence-electron chi connectivity index (χ3n) is 8.07. The second-order valence-electron chi connectivity index (χ2n) is 11.2. The average molecular weight is 693 g/mol. The maximum Gasteiger partial charge on any atom is 0.338 e. The maximum absolute atomic E-state index is 14.4. The first-order chi connectivity index (χ1) is 24.4. The van der Waals surface area contributed by atoms with E-state index in [1.54, 1.807) is 31.2 Å². The lowest BCUT2D eigenvalue weighted by molar-refractivity contribution is -0.136. The third kappa shape index (κ3) is 6.90. The fourth-order valence-electron chi connectivity index (χ4n) is 5.78. The van der Waals surface area contributed by atoms with Gasteiger partial charge in [0.05, 0.1) is 48.6 Å². The Labute approximate surface area is 292 Å². The second-order valence-corrected chi connectivity index (χ2v) is 12.2. The number of thiazole rings is 1. The van der Waals surface area contributed by atoms with Crippen LogP contribution in [0.4, 0.5) is 0 Å². The summed E-state index contributed by atoms with van der Waals surface area (Å²) in [6, 6.07) is 23.3. The number of fused-ring (bicyclic) bond motifs is 2. The van der Waals surface area contributed by atoms with Crippen molar-refractivity contribution in [3.05, 3.63) is 133 Å². The van der Waals surface area contributed by atoms with E-state index in [4.69, 9.17) is 23.7 Å². The van der Waals surface area contributed by atoms with Crippen molar-refractivity contribution >= 4 is 40.1 Å². The average Bonchev–Trinajstić information content (AvgIpc) is 3.46. The monoisotopic (exact) mass is 692 g/mol. The minimum Gasteiger partial charge on any atom is -0.490 e. The van der Waals surface area contributed by atoms with Crippen LogP contribution in [0.3, 0.4) is 0 Å². The normalized spacial score (nSPS) is 14.0. The summed E-state index contributed by atoms with van der Waals surface area (Å²) >= 11 is 1.22. The second kappa shape index (κ2) is 15.3. The van der Waals surface area contributed by atoms with E-state index in [0.717, 1.165) is 21.9 Å². The Morgan fingerprint density at radius 1 is 0.840 bits per heavy atom. The molecule has 1 aromatic heterocycles. The number of esters is 2. The molecule has 0 bridgehead atoms. The van der Waals surface area contributed by atoms with Gasteiger partial charge in [-0.25, -0.2) is 14.6 Å². The summed E-state index contributed by atoms with van der Waals surface area (Å²) in [4.78, 5) is 44.5. The van der Waals surface area contributed by atoms with E-state index in [-0.39, 0.29) is 23.7 Å². The van der Waals surface area contributed by atoms with E-state index in [1.807, 2.05) is 74.5 Å². The van der Waals surface area contributed by atoms with Gasteiger partial charge in [-0.1, -0.05) is 59.9 Å². The van der Waals surface area contributed by atoms with Gasteiger partial charge in [0.15, 0.2) is 16.3 Å². The van der Waals surface area contributed by atoms with E-state index in [2.05, 4.69) is 4.99 Å². The third-order valence-corrected chi connectivity index (χ3v) is 9.07. The topological polar surface area (TPSA) is 115 Å². The largest absolute Gasteiger partial charge is 0.490 e. The summed E-state index contributed by atoms with van der Waals surface area (Å²) < 4.78 is 30.1. The number of ether oxygens (including phenoxy) is 5. The number of rotatable bonds is 12. The van der Waals surface area contributed by atoms with Gasteiger partial charge in [-0.2, -0.15) is 0 Å². The molecular weight excluding hydrogens is 657 g/mol. The fraction of sp³-hybridized carbons (Fsp3) is 0.231. The minimum atomic E-state index is -0.823. The van der Waals surface area contributed by atoms with Crippen LogP contribution in [0.5, 0.6) is 17.2 Å². The van der Waals surface area contributed by atoms with E-state index in [0.29, 0.717) is 57.5 Å². The summed E-state index contributed by atoms with van der Waals surface area (Å²) in [7, 11) is 1.30. The summed E-state index contributed by atoms with van der Waals surface area (Å²) in [5.74, 6) is 0.663. The summed E-state index contributed by atoms with van der Waals surface area (Å²) in [5.41, 5.74) is 2.56. The van der Waals surface area contributed by atoms with Gasteiger partial charge in [0.25, 0.3) is 5.56 Å². The molecule has 10 nitrogen and oxygen atoms in total. The van der Waals surface area contributed by atoms with Gasteiger partial charge in [0.2, 0.25) is 0 Å². The Hall–Kier alpha value is -5.68. The molecule has 0 fully saturated rings. The van der Waals surface area contributed by atoms with Crippen LogP contribution in [0.1, 0.15) is 53.9 Å². The van der Waals surface area contributed by atoms with Crippen molar-refractivity contribution < 1.29 is 33.3 Å². The van der Waals surface area contributed by atoms with Crippen molar-refractivity contribution in [3.63, 3.8) is 0 Å². The molecule has 1 aliphatic rings. The van der Waals surface area contributed by atoms with Crippen LogP contribution in [0.2, 0.25) is 0 Å². The Balaban J connectivity index is 1.44. The van der Waals surface area contributed by atoms with E-state index in [1.165, 1.54) is 29.2 Å². The van der Waals surface area contributed by atoms with E-state index in [9.17, 15) is 14.4 Å². The zero-order chi connectivity index (χ0) is 35.2. The highest BCUT2D eigenvalue weighted by Gasteiger charge is 2.31. The highest BCUT2D eigenvalue weighted by atomic mass is 32.1. The van der Waals surface area contributed by atoms with Crippen molar-refractivity contribution in [2.24, 2.45) is 4.99 Å². The van der Waals surface area contributed by atoms with Crippen LogP contribution in [0, 0.1) is 0 Å². The molecule has 50 heavy (non-hydrogen) atoms. The molecule has 256 valence electrons. The van der Waals surface area contributed by atoms with E-state index >= 15 is 0 Å². The first-order valence-electron chi connectivity index (χ1n) is 16.3. The van der Waals surface area contributed by atoms with Crippen molar-refractivity contribution in [2.75, 3.05) is 26.9 Å². The molecule has 0 spiro atoms. The van der Waals surface area contributed by atoms with Gasteiger partial charge < -0.3 is 23.7 Å². The molecule has 0 saturated heterocycles. The number of hydrogen-bond acceptors (Lipinski definition) is 10. The zero-order valence-corrected chi connectivity index (χ0v) is 29.0. The number of carbonyl (C=O) groups is 2. The Morgan fingerprint density at radius 3 is 2.32 bits per heavy atom. The van der Waals surface area contributed by atoms with Crippen molar-refractivity contribution in [2.45, 2.75) is 33.4 Å². The van der Waals surface area contributed by atoms with Gasteiger partial charge in [0, 0.05) is 11.8 Å². The fourth-order valence-corrected chi connectivity index (χ4v) is 6.73. The van der Waals surface area contributed by atoms with Crippen LogP contribution < -0.4 is 29.1 Å². The molecule has 0 saturated carbocycles. The molecule has 0 aliphatic carbocycles. The van der Waals surface area contributed by atoms with Crippen molar-refractivity contribution in [1.82, 2.24) is 4.57 Å². The minimum absolute atomic E-state index is 0.209. The lowest BCUT2D eigenvalue weighted by atomic mass is 9.97. The molecular formula is C39H36N2O8S. The SMILES string of the molecule is CCOC(=O)c1ccc(COc2ccc3ccccc3c2/C=c2/sc3n(c2=O)[C@@H](c2ccc(OCC)c(OCC)c2)C(C(=O)OC)=CN=3)cc1. The van der Waals surface area contributed by atoms with E-state index < -0.39 is 12.0 Å². The zero-order valence-electron chi connectivity index (χ0n) is 28.1. The number of aromatic nitrogens is 1. The molecule has 4 aromatic carbocycles. The molecule has 6 rings (SSSR count). The maximum atomic E-state index is 14.4. The first-order valence-corrected chi connectivity index (χ1v) is 17.1. The summed E-state index contributed by atoms with van der Waals surface area (Å²) in [5, 5.41) is 1.87. The molecule has 2 heterocycles. The van der Waals surface area contributed by atoms with Gasteiger partial charge in [-0.05, 0) is 79.1 Å². The van der Waals surface area contributed by atoms with Gasteiger partial charge >= 0.3 is 11.9 Å². The first kappa shape index (κ1) is 34.2. The molecule has 11 heteroatoms. The van der Waals surface area contributed by atoms with Crippen LogP contribution in [-0.2, 0) is 20.9 Å². The number of carbonyl (C=O) groups excluding carboxylic acids is 2. The predicted molar refractivity (Wildman–Crippen MR) is 191 cm³/mol. The molecule has 0 N–H and O–H groups in total. The highest BCUT2D eigenvalue weighted by molar-refractivity contribution is 7.07. The number of hydrogen-bond donors (Lipinski definition) is 0. The van der Waals surface area contributed by atoms with Crippen LogP contribution in [0.15, 0.2) is 100 Å². The van der Waals surface area contributed by atoms with Gasteiger partial charge in [-0.15, -0.1) is 0 Å². The Kier molecular flexibility index (Phi) is 10.4. The van der Waals surface area contributed by atoms with Crippen LogP contribution in [0.25, 0.3) is 16.8 Å². The Bertz CT molecular complexity index is 2270. The van der Waals surface area contributed by atoms with Crippen molar-refractivity contribution in [3.8, 4) is 17.2 Å². The van der Waals surface area contributed by atoms with Crippen LogP contribution >= 0.6 is 11.3 Å². The molecule has 1 atom stereocenters. The van der Waals surface area contributed by atoms with Gasteiger partial charge in [-0.3, -0.25) is 9.36 Å². The predicted octanol–water partition coefficient (Wildman–Crippen LogP) is 5.72. The standard InChI is InChI=1S/C39H36N2O8S/c1-5-46-32-19-17-27(20-33(32)47-6-2)35-30(38(44)45-4)22-40-39-41(35)36(42)34(50-39)21-29-28-11-9-8-10-25(28)16-18-31(29)49-23-24-12-14-26(15-13-24)37(43)48-7-3/h8-22,35H,5-7,23H2,1-4H3/b34-21+/t35-/m0/s1. The molecule has 0 radical (unpaired) electrons. The summed E-state index contributed by atoms with van der Waals surface area (Å²) in [6.07, 6.45) is 3.27. The molecule has 0 amide bonds. The number of nitrogens with zero attached hydrogens (tertiary/aromatic N) is 2. The summed E-state index contributed by atoms with van der Waals surface area (Å²) in [6.45, 7) is 6.91. The molecule has 0 unspecified atom stereocenters. The smallest absolute Gasteiger partial charge is 0.338 e. The van der Waals surface area contributed by atoms with Gasteiger partial charge in [0.1, 0.15) is 12.4 Å². The Morgan fingerprint density at radius 2 is 1.58 bits per heavy atom. The lowest BCUT2D eigenvalue weighted by Gasteiger charge is -2.23. The quantitative estimate of drug-likeness (QED) is 0.153. The van der Waals surface area contributed by atoms with Crippen LogP contribution in [-0.4, -0.2) is 43.4 Å².